The molecule has 0 spiro atoms. The number of rotatable bonds is 3. The fourth-order valence-electron chi connectivity index (χ4n) is 3.15. The Bertz CT molecular complexity index is 775. The van der Waals surface area contributed by atoms with Crippen molar-refractivity contribution in [2.45, 2.75) is 25.8 Å². The minimum Gasteiger partial charge on any atom is -0.466 e. The summed E-state index contributed by atoms with van der Waals surface area (Å²) in [5.74, 6) is 1.16. The van der Waals surface area contributed by atoms with Crippen molar-refractivity contribution in [3.05, 3.63) is 41.1 Å². The second-order valence-corrected chi connectivity index (χ2v) is 6.33. The number of aryl methyl sites for hydroxylation is 2. The second-order valence-electron chi connectivity index (χ2n) is 6.33. The van der Waals surface area contributed by atoms with Crippen molar-refractivity contribution >= 4 is 11.8 Å². The van der Waals surface area contributed by atoms with E-state index in [-0.39, 0.29) is 18.2 Å². The number of aromatic nitrogens is 2. The average molecular weight is 330 g/mol. The van der Waals surface area contributed by atoms with Crippen LogP contribution in [0.15, 0.2) is 22.7 Å². The Hall–Kier alpha value is -2.57. The maximum Gasteiger partial charge on any atom is 0.249 e. The summed E-state index contributed by atoms with van der Waals surface area (Å²) in [6.07, 6.45) is 2.53. The number of nitrogens with zero attached hydrogens (tertiary/aromatic N) is 4. The molecule has 128 valence electrons. The molecule has 3 heterocycles. The number of carbonyl (C=O) groups excluding carboxylic acids is 2. The highest BCUT2D eigenvalue weighted by atomic mass is 16.3. The fraction of sp³-hybridized carbons (Fsp3) is 0.471. The first-order valence-corrected chi connectivity index (χ1v) is 7.95. The normalized spacial score (nSPS) is 16.8. The number of amides is 2. The summed E-state index contributed by atoms with van der Waals surface area (Å²) in [4.78, 5) is 28.7. The van der Waals surface area contributed by atoms with E-state index >= 15 is 0 Å². The molecule has 0 bridgehead atoms. The van der Waals surface area contributed by atoms with Crippen LogP contribution < -0.4 is 0 Å². The van der Waals surface area contributed by atoms with Gasteiger partial charge < -0.3 is 14.2 Å². The lowest BCUT2D eigenvalue weighted by molar-refractivity contribution is -0.145. The van der Waals surface area contributed by atoms with Crippen molar-refractivity contribution in [3.63, 3.8) is 0 Å². The molecule has 0 aliphatic carbocycles. The molecule has 1 unspecified atom stereocenters. The summed E-state index contributed by atoms with van der Waals surface area (Å²) in [6, 6.07) is 3.01. The Balaban J connectivity index is 1.91. The van der Waals surface area contributed by atoms with Crippen LogP contribution in [0.3, 0.4) is 0 Å². The maximum atomic E-state index is 12.8. The largest absolute Gasteiger partial charge is 0.466 e. The molecule has 3 rings (SSSR count). The summed E-state index contributed by atoms with van der Waals surface area (Å²) in [5, 5.41) is 4.26. The van der Waals surface area contributed by atoms with Crippen LogP contribution in [0.2, 0.25) is 0 Å². The first-order valence-electron chi connectivity index (χ1n) is 7.95. The van der Waals surface area contributed by atoms with Crippen LogP contribution in [0.1, 0.15) is 28.8 Å². The molecular weight excluding hydrogens is 308 g/mol. The molecule has 2 aromatic heterocycles. The van der Waals surface area contributed by atoms with Gasteiger partial charge in [0.25, 0.3) is 0 Å². The summed E-state index contributed by atoms with van der Waals surface area (Å²) >= 11 is 0. The molecule has 0 radical (unpaired) electrons. The summed E-state index contributed by atoms with van der Waals surface area (Å²) in [5.41, 5.74) is 1.82. The zero-order valence-corrected chi connectivity index (χ0v) is 14.4. The first-order chi connectivity index (χ1) is 11.4. The summed E-state index contributed by atoms with van der Waals surface area (Å²) in [7, 11) is 5.26. The molecule has 2 aromatic rings. The molecule has 0 N–H and O–H groups in total. The number of furan rings is 1. The Morgan fingerprint density at radius 1 is 1.38 bits per heavy atom. The molecule has 7 nitrogen and oxygen atoms in total. The van der Waals surface area contributed by atoms with E-state index in [1.165, 1.54) is 4.90 Å². The van der Waals surface area contributed by atoms with E-state index in [2.05, 4.69) is 5.10 Å². The van der Waals surface area contributed by atoms with Gasteiger partial charge in [-0.2, -0.15) is 5.10 Å². The Labute approximate surface area is 140 Å². The molecule has 7 heteroatoms. The standard InChI is InChI=1S/C17H22N4O3/c1-11-5-6-12(24-11)9-15(22)21-8-7-14-13(10-18-20(14)4)16(21)17(23)19(2)3/h5-6,10,16H,7-9H2,1-4H3. The minimum absolute atomic E-state index is 0.112. The molecular formula is C17H22N4O3. The van der Waals surface area contributed by atoms with E-state index in [1.54, 1.807) is 35.9 Å². The molecule has 1 aliphatic rings. The summed E-state index contributed by atoms with van der Waals surface area (Å²) in [6.45, 7) is 2.34. The van der Waals surface area contributed by atoms with Crippen molar-refractivity contribution < 1.29 is 14.0 Å². The highest BCUT2D eigenvalue weighted by Gasteiger charge is 2.38. The lowest BCUT2D eigenvalue weighted by Crippen LogP contribution is -2.47. The topological polar surface area (TPSA) is 71.6 Å². The molecule has 2 amide bonds. The smallest absolute Gasteiger partial charge is 0.249 e. The van der Waals surface area contributed by atoms with Crippen molar-refractivity contribution in [3.8, 4) is 0 Å². The molecule has 0 saturated carbocycles. The third-order valence-corrected chi connectivity index (χ3v) is 4.41. The van der Waals surface area contributed by atoms with Crippen molar-refractivity contribution in [1.29, 1.82) is 0 Å². The zero-order valence-electron chi connectivity index (χ0n) is 14.4. The zero-order chi connectivity index (χ0) is 17.4. The van der Waals surface area contributed by atoms with Gasteiger partial charge in [0.2, 0.25) is 11.8 Å². The Morgan fingerprint density at radius 3 is 2.75 bits per heavy atom. The van der Waals surface area contributed by atoms with E-state index in [9.17, 15) is 9.59 Å². The van der Waals surface area contributed by atoms with E-state index < -0.39 is 6.04 Å². The Morgan fingerprint density at radius 2 is 2.12 bits per heavy atom. The van der Waals surface area contributed by atoms with Crippen LogP contribution in [-0.4, -0.2) is 52.0 Å². The number of carbonyl (C=O) groups is 2. The van der Waals surface area contributed by atoms with Crippen LogP contribution in [0.4, 0.5) is 0 Å². The molecule has 1 atom stereocenters. The van der Waals surface area contributed by atoms with Gasteiger partial charge in [-0.1, -0.05) is 0 Å². The predicted octanol–water partition coefficient (Wildman–Crippen LogP) is 1.08. The number of hydrogen-bond acceptors (Lipinski definition) is 4. The van der Waals surface area contributed by atoms with Gasteiger partial charge in [-0.05, 0) is 19.1 Å². The van der Waals surface area contributed by atoms with Gasteiger partial charge in [-0.3, -0.25) is 14.3 Å². The molecule has 24 heavy (non-hydrogen) atoms. The number of fused-ring (bicyclic) bond motifs is 1. The molecule has 0 aromatic carbocycles. The van der Waals surface area contributed by atoms with Crippen LogP contribution in [0, 0.1) is 6.92 Å². The quantitative estimate of drug-likeness (QED) is 0.844. The predicted molar refractivity (Wildman–Crippen MR) is 87.2 cm³/mol. The third kappa shape index (κ3) is 2.81. The summed E-state index contributed by atoms with van der Waals surface area (Å²) < 4.78 is 7.28. The lowest BCUT2D eigenvalue weighted by atomic mass is 9.97. The van der Waals surface area contributed by atoms with Crippen LogP contribution in [0.25, 0.3) is 0 Å². The minimum atomic E-state index is -0.624. The van der Waals surface area contributed by atoms with Gasteiger partial charge in [0, 0.05) is 45.4 Å². The van der Waals surface area contributed by atoms with E-state index in [0.717, 1.165) is 17.0 Å². The van der Waals surface area contributed by atoms with Crippen molar-refractivity contribution in [2.75, 3.05) is 20.6 Å². The molecule has 1 aliphatic heterocycles. The number of hydrogen-bond donors (Lipinski definition) is 0. The van der Waals surface area contributed by atoms with Crippen LogP contribution in [-0.2, 0) is 29.5 Å². The van der Waals surface area contributed by atoms with Gasteiger partial charge in [-0.25, -0.2) is 0 Å². The van der Waals surface area contributed by atoms with E-state index in [0.29, 0.717) is 18.7 Å². The lowest BCUT2D eigenvalue weighted by Gasteiger charge is -2.36. The van der Waals surface area contributed by atoms with Gasteiger partial charge in [-0.15, -0.1) is 0 Å². The third-order valence-electron chi connectivity index (χ3n) is 4.41. The second kappa shape index (κ2) is 6.14. The number of likely N-dealkylation sites (N-methyl/N-ethyl adjacent to an activating group) is 1. The van der Waals surface area contributed by atoms with Gasteiger partial charge >= 0.3 is 0 Å². The van der Waals surface area contributed by atoms with Gasteiger partial charge in [0.15, 0.2) is 0 Å². The maximum absolute atomic E-state index is 12.8. The molecule has 0 fully saturated rings. The average Bonchev–Trinajstić information content (AvgIpc) is 3.11. The first kappa shape index (κ1) is 16.3. The highest BCUT2D eigenvalue weighted by Crippen LogP contribution is 2.31. The molecule has 0 saturated heterocycles. The van der Waals surface area contributed by atoms with Crippen LogP contribution in [0.5, 0.6) is 0 Å². The monoisotopic (exact) mass is 330 g/mol. The van der Waals surface area contributed by atoms with Crippen LogP contribution >= 0.6 is 0 Å². The van der Waals surface area contributed by atoms with Gasteiger partial charge in [0.05, 0.1) is 12.6 Å². The van der Waals surface area contributed by atoms with E-state index in [1.807, 2.05) is 20.0 Å². The van der Waals surface area contributed by atoms with E-state index in [4.69, 9.17) is 4.42 Å². The van der Waals surface area contributed by atoms with Gasteiger partial charge in [0.1, 0.15) is 17.6 Å². The highest BCUT2D eigenvalue weighted by molar-refractivity contribution is 5.89. The SMILES string of the molecule is Cc1ccc(CC(=O)N2CCc3c(cnn3C)C2C(=O)N(C)C)o1. The van der Waals surface area contributed by atoms with Crippen molar-refractivity contribution in [1.82, 2.24) is 19.6 Å². The van der Waals surface area contributed by atoms with Crippen molar-refractivity contribution in [2.24, 2.45) is 7.05 Å². The Kier molecular flexibility index (Phi) is 4.17. The fourth-order valence-corrected chi connectivity index (χ4v) is 3.15.